The molecular weight excluding hydrogens is 271 g/mol. The van der Waals surface area contributed by atoms with E-state index in [1.165, 1.54) is 12.1 Å². The van der Waals surface area contributed by atoms with Crippen molar-refractivity contribution in [2.75, 3.05) is 0 Å². The van der Waals surface area contributed by atoms with E-state index in [1.54, 1.807) is 18.3 Å². The van der Waals surface area contributed by atoms with E-state index in [0.717, 1.165) is 5.65 Å². The molecule has 3 heterocycles. The molecular formula is C16H11FN2O2. The Labute approximate surface area is 119 Å². The molecule has 3 aromatic heterocycles. The minimum Gasteiger partial charge on any atom is -0.458 e. The first kappa shape index (κ1) is 12.1. The fraction of sp³-hybridized carbons (Fsp3) is 0.0625. The van der Waals surface area contributed by atoms with E-state index in [2.05, 4.69) is 4.98 Å². The number of rotatable bonds is 2. The van der Waals surface area contributed by atoms with Gasteiger partial charge in [-0.1, -0.05) is 6.07 Å². The highest BCUT2D eigenvalue weighted by molar-refractivity contribution is 5.78. The zero-order valence-electron chi connectivity index (χ0n) is 10.9. The van der Waals surface area contributed by atoms with Crippen LogP contribution in [-0.2, 0) is 0 Å². The van der Waals surface area contributed by atoms with E-state index < -0.39 is 6.10 Å². The van der Waals surface area contributed by atoms with Crippen molar-refractivity contribution in [2.45, 2.75) is 6.10 Å². The van der Waals surface area contributed by atoms with Gasteiger partial charge in [-0.25, -0.2) is 9.37 Å². The maximum atomic E-state index is 13.2. The second-order valence-corrected chi connectivity index (χ2v) is 4.87. The van der Waals surface area contributed by atoms with Gasteiger partial charge in [0.25, 0.3) is 0 Å². The number of aliphatic hydroxyl groups is 1. The van der Waals surface area contributed by atoms with Crippen LogP contribution >= 0.6 is 0 Å². The summed E-state index contributed by atoms with van der Waals surface area (Å²) in [5, 5.41) is 11.0. The van der Waals surface area contributed by atoms with Gasteiger partial charge in [-0.2, -0.15) is 0 Å². The van der Waals surface area contributed by atoms with Gasteiger partial charge >= 0.3 is 0 Å². The summed E-state index contributed by atoms with van der Waals surface area (Å²) in [6.45, 7) is 0. The second-order valence-electron chi connectivity index (χ2n) is 4.87. The Morgan fingerprint density at radius 2 is 2.10 bits per heavy atom. The maximum absolute atomic E-state index is 13.2. The fourth-order valence-electron chi connectivity index (χ4n) is 2.40. The van der Waals surface area contributed by atoms with E-state index in [-0.39, 0.29) is 5.82 Å². The van der Waals surface area contributed by atoms with Gasteiger partial charge in [0.2, 0.25) is 0 Å². The molecule has 4 rings (SSSR count). The Morgan fingerprint density at radius 1 is 1.19 bits per heavy atom. The number of nitrogens with zero attached hydrogens (tertiary/aromatic N) is 2. The number of aliphatic hydroxyl groups excluding tert-OH is 1. The highest BCUT2D eigenvalue weighted by Crippen LogP contribution is 2.28. The summed E-state index contributed by atoms with van der Waals surface area (Å²) in [6, 6.07) is 11.5. The number of imidazole rings is 1. The number of furan rings is 1. The molecule has 0 saturated carbocycles. The average Bonchev–Trinajstić information content (AvgIpc) is 3.09. The predicted molar refractivity (Wildman–Crippen MR) is 75.4 cm³/mol. The molecule has 1 aromatic carbocycles. The van der Waals surface area contributed by atoms with Crippen molar-refractivity contribution in [2.24, 2.45) is 0 Å². The number of aromatic nitrogens is 2. The molecule has 0 bridgehead atoms. The van der Waals surface area contributed by atoms with Gasteiger partial charge < -0.3 is 13.9 Å². The van der Waals surface area contributed by atoms with E-state index in [1.807, 2.05) is 28.8 Å². The van der Waals surface area contributed by atoms with Gasteiger partial charge in [0.1, 0.15) is 22.8 Å². The molecule has 5 heteroatoms. The lowest BCUT2D eigenvalue weighted by Gasteiger charge is -2.02. The summed E-state index contributed by atoms with van der Waals surface area (Å²) in [5.74, 6) is 0.0103. The van der Waals surface area contributed by atoms with Gasteiger partial charge in [-0.15, -0.1) is 0 Å². The molecule has 0 aliphatic carbocycles. The molecule has 21 heavy (non-hydrogen) atoms. The topological polar surface area (TPSA) is 50.7 Å². The lowest BCUT2D eigenvalue weighted by molar-refractivity contribution is 0.188. The normalized spacial score (nSPS) is 13.0. The minimum atomic E-state index is -0.986. The Balaban J connectivity index is 1.79. The maximum Gasteiger partial charge on any atom is 0.155 e. The molecule has 1 unspecified atom stereocenters. The van der Waals surface area contributed by atoms with Crippen molar-refractivity contribution >= 4 is 16.6 Å². The molecule has 4 aromatic rings. The summed E-state index contributed by atoms with van der Waals surface area (Å²) in [5.41, 5.74) is 1.77. The lowest BCUT2D eigenvalue weighted by atomic mass is 10.2. The predicted octanol–water partition coefficient (Wildman–Crippen LogP) is 3.30. The van der Waals surface area contributed by atoms with E-state index in [0.29, 0.717) is 22.4 Å². The van der Waals surface area contributed by atoms with Gasteiger partial charge in [-0.05, 0) is 36.4 Å². The summed E-state index contributed by atoms with van der Waals surface area (Å²) in [6.07, 6.45) is 2.61. The molecule has 0 aliphatic heterocycles. The second kappa shape index (κ2) is 4.43. The zero-order chi connectivity index (χ0) is 14.4. The molecule has 0 fully saturated rings. The molecule has 0 saturated heterocycles. The summed E-state index contributed by atoms with van der Waals surface area (Å²) in [7, 11) is 0. The molecule has 104 valence electrons. The third kappa shape index (κ3) is 1.98. The number of fused-ring (bicyclic) bond motifs is 2. The zero-order valence-corrected chi connectivity index (χ0v) is 10.9. The van der Waals surface area contributed by atoms with Crippen LogP contribution in [0, 0.1) is 5.82 Å². The van der Waals surface area contributed by atoms with E-state index in [9.17, 15) is 9.50 Å². The van der Waals surface area contributed by atoms with Gasteiger partial charge in [-0.3, -0.25) is 0 Å². The van der Waals surface area contributed by atoms with Crippen LogP contribution in [-0.4, -0.2) is 14.5 Å². The first-order valence-corrected chi connectivity index (χ1v) is 6.51. The van der Waals surface area contributed by atoms with Crippen LogP contribution in [0.5, 0.6) is 0 Å². The number of hydrogen-bond acceptors (Lipinski definition) is 3. The van der Waals surface area contributed by atoms with Crippen LogP contribution < -0.4 is 0 Å². The number of pyridine rings is 1. The van der Waals surface area contributed by atoms with Crippen LogP contribution in [0.25, 0.3) is 16.6 Å². The lowest BCUT2D eigenvalue weighted by Crippen LogP contribution is -1.97. The highest BCUT2D eigenvalue weighted by Gasteiger charge is 2.18. The minimum absolute atomic E-state index is 0.336. The summed E-state index contributed by atoms with van der Waals surface area (Å²) >= 11 is 0. The molecule has 0 radical (unpaired) electrons. The van der Waals surface area contributed by atoms with Gasteiger partial charge in [0, 0.05) is 17.8 Å². The molecule has 0 aliphatic rings. The standard InChI is InChI=1S/C16H11FN2O2/c17-11-4-5-13-10(7-11)8-14(21-13)16(20)12-9-19-6-2-1-3-15(19)18-12/h1-9,16,20H. The number of halogens is 1. The van der Waals surface area contributed by atoms with Crippen LogP contribution in [0.3, 0.4) is 0 Å². The Morgan fingerprint density at radius 3 is 2.95 bits per heavy atom. The van der Waals surface area contributed by atoms with Crippen molar-refractivity contribution in [1.29, 1.82) is 0 Å². The smallest absolute Gasteiger partial charge is 0.155 e. The van der Waals surface area contributed by atoms with Crippen molar-refractivity contribution in [3.05, 3.63) is 72.1 Å². The fourth-order valence-corrected chi connectivity index (χ4v) is 2.40. The van der Waals surface area contributed by atoms with Crippen LogP contribution in [0.15, 0.2) is 59.3 Å². The van der Waals surface area contributed by atoms with E-state index in [4.69, 9.17) is 4.42 Å². The quantitative estimate of drug-likeness (QED) is 0.613. The Hall–Kier alpha value is -2.66. The average molecular weight is 282 g/mol. The summed E-state index contributed by atoms with van der Waals surface area (Å²) < 4.78 is 20.6. The Kier molecular flexibility index (Phi) is 2.55. The number of hydrogen-bond donors (Lipinski definition) is 1. The first-order chi connectivity index (χ1) is 10.2. The van der Waals surface area contributed by atoms with Crippen molar-refractivity contribution in [1.82, 2.24) is 9.38 Å². The molecule has 4 nitrogen and oxygen atoms in total. The highest BCUT2D eigenvalue weighted by atomic mass is 19.1. The SMILES string of the molecule is OC(c1cn2ccccc2n1)c1cc2cc(F)ccc2o1. The first-order valence-electron chi connectivity index (χ1n) is 6.51. The van der Waals surface area contributed by atoms with Crippen molar-refractivity contribution in [3.8, 4) is 0 Å². The van der Waals surface area contributed by atoms with Crippen LogP contribution in [0.2, 0.25) is 0 Å². The monoisotopic (exact) mass is 282 g/mol. The van der Waals surface area contributed by atoms with Gasteiger partial charge in [0.05, 0.1) is 5.69 Å². The summed E-state index contributed by atoms with van der Waals surface area (Å²) in [4.78, 5) is 4.36. The van der Waals surface area contributed by atoms with Crippen molar-refractivity contribution in [3.63, 3.8) is 0 Å². The third-order valence-corrected chi connectivity index (χ3v) is 3.43. The number of benzene rings is 1. The molecule has 1 N–H and O–H groups in total. The molecule has 0 amide bonds. The Bertz CT molecular complexity index is 909. The van der Waals surface area contributed by atoms with E-state index >= 15 is 0 Å². The van der Waals surface area contributed by atoms with Crippen LogP contribution in [0.4, 0.5) is 4.39 Å². The third-order valence-electron chi connectivity index (χ3n) is 3.43. The largest absolute Gasteiger partial charge is 0.458 e. The van der Waals surface area contributed by atoms with Crippen molar-refractivity contribution < 1.29 is 13.9 Å². The van der Waals surface area contributed by atoms with Crippen LogP contribution in [0.1, 0.15) is 17.6 Å². The molecule has 1 atom stereocenters. The molecule has 0 spiro atoms. The van der Waals surface area contributed by atoms with Gasteiger partial charge in [0.15, 0.2) is 6.10 Å².